The van der Waals surface area contributed by atoms with E-state index in [2.05, 4.69) is 0 Å². The zero-order valence-electron chi connectivity index (χ0n) is 10.2. The van der Waals surface area contributed by atoms with E-state index in [1.807, 2.05) is 39.0 Å². The molecular formula is C13H16O3Se. The molecule has 0 fully saturated rings. The summed E-state index contributed by atoms with van der Waals surface area (Å²) in [6, 6.07) is 9.02. The van der Waals surface area contributed by atoms with E-state index in [0.717, 1.165) is 0 Å². The summed E-state index contributed by atoms with van der Waals surface area (Å²) in [7, 11) is 0. The predicted octanol–water partition coefficient (Wildman–Crippen LogP) is 2.29. The van der Waals surface area contributed by atoms with Gasteiger partial charge < -0.3 is 0 Å². The Kier molecular flexibility index (Phi) is 4.91. The van der Waals surface area contributed by atoms with Gasteiger partial charge in [0.2, 0.25) is 0 Å². The molecule has 3 nitrogen and oxygen atoms in total. The predicted molar refractivity (Wildman–Crippen MR) is 67.2 cm³/mol. The van der Waals surface area contributed by atoms with Gasteiger partial charge in [0.15, 0.2) is 0 Å². The molecule has 1 aromatic rings. The van der Waals surface area contributed by atoms with Gasteiger partial charge in [-0.25, -0.2) is 0 Å². The summed E-state index contributed by atoms with van der Waals surface area (Å²) < 4.78 is 5.18. The molecule has 1 rings (SSSR count). The normalized spacial score (nSPS) is 11.0. The van der Waals surface area contributed by atoms with E-state index in [9.17, 15) is 9.59 Å². The molecule has 0 atom stereocenters. The van der Waals surface area contributed by atoms with Crippen LogP contribution >= 0.6 is 0 Å². The van der Waals surface area contributed by atoms with Crippen LogP contribution in [0.5, 0.6) is 0 Å². The van der Waals surface area contributed by atoms with E-state index in [1.54, 1.807) is 12.1 Å². The van der Waals surface area contributed by atoms with Crippen molar-refractivity contribution in [3.8, 4) is 0 Å². The van der Waals surface area contributed by atoms with Crippen LogP contribution in [0.25, 0.3) is 0 Å². The van der Waals surface area contributed by atoms with Crippen molar-refractivity contribution in [3.63, 3.8) is 0 Å². The molecule has 4 heteroatoms. The standard InChI is InChI=1S/C13H16O3Se/c1-13(2,3)16-11(14)9-17-12(15)10-7-5-4-6-8-10/h4-8H,9H2,1-3H3. The van der Waals surface area contributed by atoms with E-state index in [-0.39, 0.29) is 30.9 Å². The summed E-state index contributed by atoms with van der Waals surface area (Å²) in [4.78, 5) is 23.2. The number of carbonyl (C=O) groups is 2. The van der Waals surface area contributed by atoms with E-state index < -0.39 is 5.60 Å². The maximum absolute atomic E-state index is 11.7. The second kappa shape index (κ2) is 5.99. The van der Waals surface area contributed by atoms with Crippen LogP contribution in [0.1, 0.15) is 31.1 Å². The molecule has 0 aliphatic heterocycles. The monoisotopic (exact) mass is 300 g/mol. The molecule has 0 saturated carbocycles. The number of hydrogen-bond acceptors (Lipinski definition) is 3. The summed E-state index contributed by atoms with van der Waals surface area (Å²) in [5.74, 6) is -0.304. The summed E-state index contributed by atoms with van der Waals surface area (Å²) in [6.45, 7) is 5.45. The number of esters is 1. The summed E-state index contributed by atoms with van der Waals surface area (Å²) in [6.07, 6.45) is 0. The molecule has 0 aliphatic rings. The third-order valence-corrected chi connectivity index (χ3v) is 3.59. The van der Waals surface area contributed by atoms with Gasteiger partial charge in [-0.2, -0.15) is 0 Å². The van der Waals surface area contributed by atoms with Gasteiger partial charge in [-0.15, -0.1) is 0 Å². The number of rotatable bonds is 4. The van der Waals surface area contributed by atoms with E-state index in [4.69, 9.17) is 4.74 Å². The molecule has 0 radical (unpaired) electrons. The molecule has 0 aliphatic carbocycles. The van der Waals surface area contributed by atoms with Gasteiger partial charge in [0, 0.05) is 0 Å². The molecular weight excluding hydrogens is 283 g/mol. The first-order valence-electron chi connectivity index (χ1n) is 5.32. The molecule has 0 aromatic heterocycles. The average molecular weight is 299 g/mol. The van der Waals surface area contributed by atoms with E-state index >= 15 is 0 Å². The number of hydrogen-bond donors (Lipinski definition) is 0. The fraction of sp³-hybridized carbons (Fsp3) is 0.385. The molecule has 0 spiro atoms. The van der Waals surface area contributed by atoms with Crippen LogP contribution in [0.4, 0.5) is 0 Å². The summed E-state index contributed by atoms with van der Waals surface area (Å²) in [5.41, 5.74) is 0.180. The Morgan fingerprint density at radius 2 is 1.76 bits per heavy atom. The SMILES string of the molecule is CC(C)(C)OC(=O)C[Se]C(=O)c1ccccc1. The van der Waals surface area contributed by atoms with Crippen molar-refractivity contribution < 1.29 is 14.3 Å². The molecule has 0 saturated heterocycles. The fourth-order valence-electron chi connectivity index (χ4n) is 1.15. The van der Waals surface area contributed by atoms with Gasteiger partial charge in [0.1, 0.15) is 0 Å². The second-order valence-electron chi connectivity index (χ2n) is 4.53. The van der Waals surface area contributed by atoms with Crippen LogP contribution in [0.2, 0.25) is 5.32 Å². The third kappa shape index (κ3) is 5.66. The fourth-order valence-corrected chi connectivity index (χ4v) is 2.43. The molecule has 1 aromatic carbocycles. The minimum absolute atomic E-state index is 0.0314. The first-order chi connectivity index (χ1) is 7.88. The second-order valence-corrected chi connectivity index (χ2v) is 6.52. The number of benzene rings is 1. The molecule has 0 bridgehead atoms. The van der Waals surface area contributed by atoms with Gasteiger partial charge in [-0.05, 0) is 0 Å². The summed E-state index contributed by atoms with van der Waals surface area (Å²) >= 11 is -0.385. The van der Waals surface area contributed by atoms with Gasteiger partial charge in [-0.1, -0.05) is 0 Å². The van der Waals surface area contributed by atoms with Crippen molar-refractivity contribution in [2.45, 2.75) is 31.7 Å². The molecule has 0 amide bonds. The van der Waals surface area contributed by atoms with Crippen LogP contribution in [0.15, 0.2) is 30.3 Å². The molecule has 0 heterocycles. The third-order valence-electron chi connectivity index (χ3n) is 1.75. The van der Waals surface area contributed by atoms with Crippen molar-refractivity contribution >= 4 is 25.6 Å². The van der Waals surface area contributed by atoms with Gasteiger partial charge in [0.25, 0.3) is 0 Å². The Bertz CT molecular complexity index is 393. The van der Waals surface area contributed by atoms with Crippen LogP contribution in [-0.4, -0.2) is 31.2 Å². The van der Waals surface area contributed by atoms with E-state index in [1.165, 1.54) is 0 Å². The van der Waals surface area contributed by atoms with Gasteiger partial charge in [-0.3, -0.25) is 0 Å². The van der Waals surface area contributed by atoms with Crippen molar-refractivity contribution in [2.75, 3.05) is 0 Å². The summed E-state index contributed by atoms with van der Waals surface area (Å²) in [5, 5.41) is 0.192. The zero-order chi connectivity index (χ0) is 12.9. The number of ether oxygens (including phenoxy) is 1. The Hall–Kier alpha value is -1.12. The first kappa shape index (κ1) is 13.9. The van der Waals surface area contributed by atoms with Crippen LogP contribution < -0.4 is 0 Å². The van der Waals surface area contributed by atoms with Crippen LogP contribution in [0, 0.1) is 0 Å². The Morgan fingerprint density at radius 1 is 1.18 bits per heavy atom. The molecule has 0 unspecified atom stereocenters. The molecule has 92 valence electrons. The topological polar surface area (TPSA) is 43.4 Å². The van der Waals surface area contributed by atoms with Crippen molar-refractivity contribution in [1.29, 1.82) is 0 Å². The van der Waals surface area contributed by atoms with Crippen molar-refractivity contribution in [2.24, 2.45) is 0 Å². The maximum atomic E-state index is 11.7. The minimum atomic E-state index is -0.483. The van der Waals surface area contributed by atoms with Gasteiger partial charge >= 0.3 is 108 Å². The Labute approximate surface area is 108 Å². The van der Waals surface area contributed by atoms with Gasteiger partial charge in [0.05, 0.1) is 0 Å². The van der Waals surface area contributed by atoms with Crippen molar-refractivity contribution in [3.05, 3.63) is 35.9 Å². The number of carbonyl (C=O) groups excluding carboxylic acids is 2. The quantitative estimate of drug-likeness (QED) is 0.633. The average Bonchev–Trinajstić information content (AvgIpc) is 2.25. The van der Waals surface area contributed by atoms with Crippen molar-refractivity contribution in [1.82, 2.24) is 0 Å². The molecule has 17 heavy (non-hydrogen) atoms. The Balaban J connectivity index is 2.42. The van der Waals surface area contributed by atoms with Crippen LogP contribution in [-0.2, 0) is 9.53 Å². The Morgan fingerprint density at radius 3 is 2.29 bits per heavy atom. The van der Waals surface area contributed by atoms with Crippen LogP contribution in [0.3, 0.4) is 0 Å². The first-order valence-corrected chi connectivity index (χ1v) is 7.39. The zero-order valence-corrected chi connectivity index (χ0v) is 11.9. The van der Waals surface area contributed by atoms with E-state index in [0.29, 0.717) is 5.56 Å². The molecule has 0 N–H and O–H groups in total.